The first-order valence-electron chi connectivity index (χ1n) is 10.8. The van der Waals surface area contributed by atoms with Crippen LogP contribution in [0.3, 0.4) is 0 Å². The van der Waals surface area contributed by atoms with Gasteiger partial charge in [0.15, 0.2) is 5.82 Å². The number of aliphatic imine (C=N–C) groups is 1. The van der Waals surface area contributed by atoms with Crippen LogP contribution in [-0.2, 0) is 23.7 Å². The number of hydrogen-bond donors (Lipinski definition) is 2. The van der Waals surface area contributed by atoms with E-state index in [0.29, 0.717) is 40.0 Å². The Hall–Kier alpha value is -3.45. The van der Waals surface area contributed by atoms with Gasteiger partial charge in [-0.05, 0) is 24.4 Å². The predicted octanol–water partition coefficient (Wildman–Crippen LogP) is 3.76. The largest absolute Gasteiger partial charge is 0.404 e. The molecular weight excluding hydrogens is 504 g/mol. The third-order valence-electron chi connectivity index (χ3n) is 6.18. The van der Waals surface area contributed by atoms with Gasteiger partial charge in [0.2, 0.25) is 5.82 Å². The average molecular weight is 525 g/mol. The Morgan fingerprint density at radius 3 is 2.72 bits per heavy atom. The van der Waals surface area contributed by atoms with Crippen LogP contribution in [0.2, 0.25) is 5.02 Å². The van der Waals surface area contributed by atoms with E-state index in [1.54, 1.807) is 25.3 Å². The monoisotopic (exact) mass is 524 g/mol. The first-order valence-corrected chi connectivity index (χ1v) is 11.2. The molecule has 9 nitrogen and oxygen atoms in total. The highest BCUT2D eigenvalue weighted by Gasteiger charge is 2.51. The number of alkyl halides is 4. The van der Waals surface area contributed by atoms with Crippen LogP contribution in [0.1, 0.15) is 5.82 Å². The minimum absolute atomic E-state index is 0.0296. The minimum atomic E-state index is -4.45. The highest BCUT2D eigenvalue weighted by Crippen LogP contribution is 2.43. The van der Waals surface area contributed by atoms with Crippen LogP contribution in [-0.4, -0.2) is 56.8 Å². The van der Waals surface area contributed by atoms with E-state index < -0.39 is 23.6 Å². The van der Waals surface area contributed by atoms with Gasteiger partial charge in [-0.15, -0.1) is 10.2 Å². The van der Waals surface area contributed by atoms with E-state index in [9.17, 15) is 17.6 Å². The van der Waals surface area contributed by atoms with Gasteiger partial charge < -0.3 is 24.9 Å². The lowest BCUT2D eigenvalue weighted by atomic mass is 9.85. The third kappa shape index (κ3) is 4.01. The van der Waals surface area contributed by atoms with Crippen molar-refractivity contribution < 1.29 is 22.3 Å². The Kier molecular flexibility index (Phi) is 5.99. The number of fused-ring (bicyclic) bond motifs is 3. The molecule has 5 heterocycles. The number of nitrogens with two attached hydrogens (primary N) is 1. The van der Waals surface area contributed by atoms with Crippen LogP contribution in [0.4, 0.5) is 23.4 Å². The summed E-state index contributed by atoms with van der Waals surface area (Å²) < 4.78 is 63.4. The Labute approximate surface area is 207 Å². The third-order valence-corrected chi connectivity index (χ3v) is 6.48. The van der Waals surface area contributed by atoms with Gasteiger partial charge in [-0.3, -0.25) is 4.99 Å². The predicted molar refractivity (Wildman–Crippen MR) is 125 cm³/mol. The number of ether oxygens (including phenoxy) is 1. The highest BCUT2D eigenvalue weighted by molar-refractivity contribution is 6.33. The molecule has 3 N–H and O–H groups in total. The van der Waals surface area contributed by atoms with Crippen LogP contribution in [0.25, 0.3) is 22.6 Å². The number of aromatic nitrogens is 5. The molecule has 36 heavy (non-hydrogen) atoms. The zero-order valence-electron chi connectivity index (χ0n) is 18.9. The molecule has 190 valence electrons. The molecule has 3 aromatic heterocycles. The number of rotatable bonds is 5. The average Bonchev–Trinajstić information content (AvgIpc) is 3.39. The molecule has 14 heteroatoms. The number of halogens is 5. The molecule has 1 fully saturated rings. The summed E-state index contributed by atoms with van der Waals surface area (Å²) in [6.07, 6.45) is 2.25. The van der Waals surface area contributed by atoms with E-state index in [1.807, 2.05) is 10.8 Å². The Balaban J connectivity index is 1.60. The van der Waals surface area contributed by atoms with Crippen molar-refractivity contribution in [3.05, 3.63) is 47.6 Å². The SMILES string of the molecule is CN=C(C=CN)Nc1cc(-c2cc3n(c2)CC2(COC2)Cn2c-3nnc2C(F)(F)C(F)F)c(Cl)cn1. The lowest BCUT2D eigenvalue weighted by Crippen LogP contribution is -2.48. The summed E-state index contributed by atoms with van der Waals surface area (Å²) in [5.41, 5.74) is 6.57. The quantitative estimate of drug-likeness (QED) is 0.299. The van der Waals surface area contributed by atoms with Gasteiger partial charge >= 0.3 is 12.3 Å². The molecule has 0 unspecified atom stereocenters. The molecule has 3 aromatic rings. The number of pyridine rings is 1. The molecule has 0 aliphatic carbocycles. The van der Waals surface area contributed by atoms with Gasteiger partial charge in [0.25, 0.3) is 0 Å². The molecule has 5 rings (SSSR count). The van der Waals surface area contributed by atoms with Gasteiger partial charge in [-0.1, -0.05) is 11.6 Å². The fourth-order valence-electron chi connectivity index (χ4n) is 4.41. The number of hydrogen-bond acceptors (Lipinski definition) is 6. The summed E-state index contributed by atoms with van der Waals surface area (Å²) in [7, 11) is 1.59. The molecule has 2 aliphatic rings. The zero-order chi connectivity index (χ0) is 25.7. The van der Waals surface area contributed by atoms with Crippen molar-refractivity contribution in [3.8, 4) is 22.6 Å². The standard InChI is InChI=1S/C22H21ClF4N8O/c1-29-16(2-3-28)31-17-5-13(14(23)6-30-17)12-4-15-18-32-33-20(22(26,27)19(24)25)35(18)9-21(10-36-11-21)8-34(15)7-12/h2-7,19H,8-11,28H2,1H3,(H,29,30,31). The van der Waals surface area contributed by atoms with Crippen molar-refractivity contribution in [2.75, 3.05) is 25.6 Å². The fraction of sp³-hybridized carbons (Fsp3) is 0.364. The smallest absolute Gasteiger partial charge is 0.365 e. The zero-order valence-corrected chi connectivity index (χ0v) is 19.7. The Bertz CT molecular complexity index is 1360. The second kappa shape index (κ2) is 8.89. The molecule has 0 aromatic carbocycles. The molecule has 0 radical (unpaired) electrons. The van der Waals surface area contributed by atoms with Crippen LogP contribution in [0.5, 0.6) is 0 Å². The summed E-state index contributed by atoms with van der Waals surface area (Å²) in [5.74, 6) is -4.54. The van der Waals surface area contributed by atoms with Gasteiger partial charge in [0.1, 0.15) is 11.7 Å². The lowest BCUT2D eigenvalue weighted by molar-refractivity contribution is -0.150. The normalized spacial score (nSPS) is 17.2. The van der Waals surface area contributed by atoms with E-state index in [-0.39, 0.29) is 25.6 Å². The van der Waals surface area contributed by atoms with E-state index in [2.05, 4.69) is 25.5 Å². The summed E-state index contributed by atoms with van der Waals surface area (Å²) in [4.78, 5) is 8.33. The molecule has 0 atom stereocenters. The molecule has 1 spiro atoms. The second-order valence-electron chi connectivity index (χ2n) is 8.73. The van der Waals surface area contributed by atoms with Gasteiger partial charge in [-0.25, -0.2) is 13.8 Å². The van der Waals surface area contributed by atoms with Crippen molar-refractivity contribution in [1.82, 2.24) is 24.3 Å². The summed E-state index contributed by atoms with van der Waals surface area (Å²) in [5, 5.41) is 10.7. The van der Waals surface area contributed by atoms with E-state index in [4.69, 9.17) is 22.1 Å². The summed E-state index contributed by atoms with van der Waals surface area (Å²) >= 11 is 6.45. The number of nitrogens with one attached hydrogen (secondary N) is 1. The van der Waals surface area contributed by atoms with Crippen molar-refractivity contribution in [1.29, 1.82) is 0 Å². The Morgan fingerprint density at radius 1 is 1.31 bits per heavy atom. The van der Waals surface area contributed by atoms with Crippen LogP contribution < -0.4 is 11.1 Å². The molecule has 0 bridgehead atoms. The van der Waals surface area contributed by atoms with Gasteiger partial charge in [0.05, 0.1) is 29.3 Å². The first kappa shape index (κ1) is 24.3. The molecule has 0 amide bonds. The number of amidine groups is 1. The van der Waals surface area contributed by atoms with Gasteiger partial charge in [-0.2, -0.15) is 8.78 Å². The second-order valence-corrected chi connectivity index (χ2v) is 9.14. The Morgan fingerprint density at radius 2 is 2.08 bits per heavy atom. The maximum absolute atomic E-state index is 14.4. The number of anilines is 1. The first-order chi connectivity index (χ1) is 17.2. The number of nitrogens with zero attached hydrogens (tertiary/aromatic N) is 6. The maximum atomic E-state index is 14.4. The summed E-state index contributed by atoms with van der Waals surface area (Å²) in [6.45, 7) is 1.01. The topological polar surface area (TPSA) is 108 Å². The van der Waals surface area contributed by atoms with E-state index >= 15 is 0 Å². The molecule has 0 saturated carbocycles. The van der Waals surface area contributed by atoms with Crippen molar-refractivity contribution in [2.24, 2.45) is 16.1 Å². The molecule has 2 aliphatic heterocycles. The van der Waals surface area contributed by atoms with E-state index in [0.717, 1.165) is 4.57 Å². The van der Waals surface area contributed by atoms with Crippen LogP contribution in [0.15, 0.2) is 41.8 Å². The van der Waals surface area contributed by atoms with Crippen LogP contribution >= 0.6 is 11.6 Å². The minimum Gasteiger partial charge on any atom is -0.404 e. The van der Waals surface area contributed by atoms with E-state index in [1.165, 1.54) is 12.4 Å². The van der Waals surface area contributed by atoms with Crippen molar-refractivity contribution in [2.45, 2.75) is 25.4 Å². The fourth-order valence-corrected chi connectivity index (χ4v) is 4.62. The van der Waals surface area contributed by atoms with Crippen molar-refractivity contribution >= 4 is 23.3 Å². The van der Waals surface area contributed by atoms with Crippen molar-refractivity contribution in [3.63, 3.8) is 0 Å². The maximum Gasteiger partial charge on any atom is 0.365 e. The highest BCUT2D eigenvalue weighted by atomic mass is 35.5. The summed E-state index contributed by atoms with van der Waals surface area (Å²) in [6, 6.07) is 3.42. The molecular formula is C22H21ClF4N8O. The lowest BCUT2D eigenvalue weighted by Gasteiger charge is -2.41. The van der Waals surface area contributed by atoms with Gasteiger partial charge in [0, 0.05) is 43.7 Å². The van der Waals surface area contributed by atoms with Crippen LogP contribution in [0, 0.1) is 5.41 Å². The molecule has 1 saturated heterocycles.